The molecule has 0 saturated heterocycles. The number of halogens is 2. The maximum absolute atomic E-state index is 13.4. The summed E-state index contributed by atoms with van der Waals surface area (Å²) >= 11 is 3.04. The third-order valence-electron chi connectivity index (χ3n) is 2.15. The predicted octanol–water partition coefficient (Wildman–Crippen LogP) is 2.16. The number of hydrogen-bond donors (Lipinski definition) is 1. The zero-order chi connectivity index (χ0) is 11.2. The molecule has 15 heavy (non-hydrogen) atoms. The van der Waals surface area contributed by atoms with Crippen molar-refractivity contribution in [3.8, 4) is 0 Å². The Bertz CT molecular complexity index is 475. The second-order valence-electron chi connectivity index (χ2n) is 3.07. The standard InChI is InChI=1S/C9H5BrFNO3/c10-4-1-6(11)5-3-8(13)12(9(14)15)7(5)2-4/h1-2H,3H2,(H,14,15). The first-order chi connectivity index (χ1) is 7.00. The first-order valence-electron chi connectivity index (χ1n) is 4.04. The van der Waals surface area contributed by atoms with Crippen LogP contribution in [0.15, 0.2) is 16.6 Å². The second-order valence-corrected chi connectivity index (χ2v) is 3.99. The van der Waals surface area contributed by atoms with E-state index < -0.39 is 17.8 Å². The molecular weight excluding hydrogens is 269 g/mol. The maximum atomic E-state index is 13.4. The largest absolute Gasteiger partial charge is 0.464 e. The normalized spacial score (nSPS) is 14.3. The molecule has 78 valence electrons. The van der Waals surface area contributed by atoms with E-state index in [0.29, 0.717) is 9.37 Å². The predicted molar refractivity (Wildman–Crippen MR) is 53.3 cm³/mol. The fourth-order valence-electron chi connectivity index (χ4n) is 1.54. The zero-order valence-electron chi connectivity index (χ0n) is 7.33. The van der Waals surface area contributed by atoms with Crippen molar-refractivity contribution in [1.29, 1.82) is 0 Å². The van der Waals surface area contributed by atoms with Crippen molar-refractivity contribution >= 4 is 33.6 Å². The SMILES string of the molecule is O=C(O)N1C(=O)Cc2c(F)cc(Br)cc21. The highest BCUT2D eigenvalue weighted by molar-refractivity contribution is 9.10. The second kappa shape index (κ2) is 3.30. The van der Waals surface area contributed by atoms with Gasteiger partial charge in [0.2, 0.25) is 5.91 Å². The molecule has 0 aliphatic carbocycles. The van der Waals surface area contributed by atoms with Crippen molar-refractivity contribution in [2.45, 2.75) is 6.42 Å². The number of rotatable bonds is 0. The van der Waals surface area contributed by atoms with E-state index in [1.165, 1.54) is 12.1 Å². The number of hydrogen-bond acceptors (Lipinski definition) is 2. The van der Waals surface area contributed by atoms with E-state index in [-0.39, 0.29) is 17.7 Å². The lowest BCUT2D eigenvalue weighted by Crippen LogP contribution is -2.32. The molecule has 1 heterocycles. The Morgan fingerprint density at radius 2 is 2.20 bits per heavy atom. The van der Waals surface area contributed by atoms with Gasteiger partial charge in [-0.3, -0.25) is 4.79 Å². The van der Waals surface area contributed by atoms with Crippen molar-refractivity contribution in [1.82, 2.24) is 0 Å². The van der Waals surface area contributed by atoms with Gasteiger partial charge in [0.05, 0.1) is 12.1 Å². The first kappa shape index (κ1) is 10.1. The highest BCUT2D eigenvalue weighted by Crippen LogP contribution is 2.33. The molecular formula is C9H5BrFNO3. The van der Waals surface area contributed by atoms with Crippen LogP contribution in [0, 0.1) is 5.82 Å². The first-order valence-corrected chi connectivity index (χ1v) is 4.84. The average molecular weight is 274 g/mol. The molecule has 1 N–H and O–H groups in total. The van der Waals surface area contributed by atoms with Gasteiger partial charge >= 0.3 is 6.09 Å². The molecule has 0 saturated carbocycles. The average Bonchev–Trinajstić information content (AvgIpc) is 2.41. The van der Waals surface area contributed by atoms with E-state index in [9.17, 15) is 14.0 Å². The van der Waals surface area contributed by atoms with E-state index in [1.807, 2.05) is 0 Å². The molecule has 2 rings (SSSR count). The summed E-state index contributed by atoms with van der Waals surface area (Å²) in [5.41, 5.74) is 0.227. The summed E-state index contributed by atoms with van der Waals surface area (Å²) in [5, 5.41) is 8.78. The van der Waals surface area contributed by atoms with Gasteiger partial charge in [0, 0.05) is 10.0 Å². The van der Waals surface area contributed by atoms with Gasteiger partial charge in [0.15, 0.2) is 0 Å². The van der Waals surface area contributed by atoms with Crippen LogP contribution in [-0.4, -0.2) is 17.1 Å². The fraction of sp³-hybridized carbons (Fsp3) is 0.111. The number of amides is 2. The Balaban J connectivity index is 2.63. The molecule has 0 unspecified atom stereocenters. The Labute approximate surface area is 92.4 Å². The summed E-state index contributed by atoms with van der Waals surface area (Å²) in [6, 6.07) is 2.62. The molecule has 0 atom stereocenters. The number of anilines is 1. The van der Waals surface area contributed by atoms with E-state index in [1.54, 1.807) is 0 Å². The number of carbonyl (C=O) groups excluding carboxylic acids is 1. The fourth-order valence-corrected chi connectivity index (χ4v) is 1.96. The van der Waals surface area contributed by atoms with Crippen molar-refractivity contribution in [2.24, 2.45) is 0 Å². The van der Waals surface area contributed by atoms with E-state index in [0.717, 1.165) is 0 Å². The lowest BCUT2D eigenvalue weighted by atomic mass is 10.1. The van der Waals surface area contributed by atoms with Crippen LogP contribution in [0.1, 0.15) is 5.56 Å². The number of imide groups is 1. The smallest absolute Gasteiger partial charge is 0.418 e. The van der Waals surface area contributed by atoms with Gasteiger partial charge in [0.1, 0.15) is 5.82 Å². The Kier molecular flexibility index (Phi) is 2.22. The Morgan fingerprint density at radius 3 is 2.80 bits per heavy atom. The van der Waals surface area contributed by atoms with Crippen molar-refractivity contribution < 1.29 is 19.1 Å². The molecule has 0 spiro atoms. The van der Waals surface area contributed by atoms with Crippen molar-refractivity contribution in [2.75, 3.05) is 4.90 Å². The van der Waals surface area contributed by atoms with Crippen LogP contribution < -0.4 is 4.90 Å². The lowest BCUT2D eigenvalue weighted by Gasteiger charge is -2.10. The van der Waals surface area contributed by atoms with Crippen LogP contribution in [-0.2, 0) is 11.2 Å². The third kappa shape index (κ3) is 1.50. The highest BCUT2D eigenvalue weighted by atomic mass is 79.9. The Hall–Kier alpha value is -1.43. The molecule has 0 aromatic heterocycles. The van der Waals surface area contributed by atoms with Gasteiger partial charge in [0.25, 0.3) is 0 Å². The van der Waals surface area contributed by atoms with E-state index in [2.05, 4.69) is 15.9 Å². The van der Waals surface area contributed by atoms with Crippen molar-refractivity contribution in [3.05, 3.63) is 28.0 Å². The summed E-state index contributed by atoms with van der Waals surface area (Å²) in [7, 11) is 0. The monoisotopic (exact) mass is 273 g/mol. The van der Waals surface area contributed by atoms with Gasteiger partial charge in [-0.25, -0.2) is 14.1 Å². The highest BCUT2D eigenvalue weighted by Gasteiger charge is 2.34. The molecule has 0 radical (unpaired) electrons. The molecule has 1 aromatic carbocycles. The lowest BCUT2D eigenvalue weighted by molar-refractivity contribution is -0.116. The quantitative estimate of drug-likeness (QED) is 0.788. The van der Waals surface area contributed by atoms with Gasteiger partial charge in [-0.2, -0.15) is 0 Å². The summed E-state index contributed by atoms with van der Waals surface area (Å²) < 4.78 is 13.8. The molecule has 1 aliphatic rings. The molecule has 1 aromatic rings. The molecule has 1 aliphatic heterocycles. The minimum Gasteiger partial charge on any atom is -0.464 e. The number of carbonyl (C=O) groups is 2. The van der Waals surface area contributed by atoms with Gasteiger partial charge < -0.3 is 5.11 Å². The van der Waals surface area contributed by atoms with Crippen LogP contribution in [0.25, 0.3) is 0 Å². The molecule has 0 fully saturated rings. The number of fused-ring (bicyclic) bond motifs is 1. The maximum Gasteiger partial charge on any atom is 0.418 e. The molecule has 0 bridgehead atoms. The number of benzene rings is 1. The van der Waals surface area contributed by atoms with Gasteiger partial charge in [-0.05, 0) is 12.1 Å². The van der Waals surface area contributed by atoms with Crippen LogP contribution in [0.3, 0.4) is 0 Å². The summed E-state index contributed by atoms with van der Waals surface area (Å²) in [6.07, 6.45) is -1.60. The number of carboxylic acid groups (broad SMARTS) is 1. The minimum absolute atomic E-state index is 0.0966. The minimum atomic E-state index is -1.39. The Morgan fingerprint density at radius 1 is 1.53 bits per heavy atom. The zero-order valence-corrected chi connectivity index (χ0v) is 8.91. The molecule has 4 nitrogen and oxygen atoms in total. The molecule has 6 heteroatoms. The van der Waals surface area contributed by atoms with Crippen LogP contribution in [0.2, 0.25) is 0 Å². The van der Waals surface area contributed by atoms with Gasteiger partial charge in [-0.15, -0.1) is 0 Å². The van der Waals surface area contributed by atoms with Crippen LogP contribution in [0.4, 0.5) is 14.9 Å². The topological polar surface area (TPSA) is 57.6 Å². The van der Waals surface area contributed by atoms with E-state index in [4.69, 9.17) is 5.11 Å². The van der Waals surface area contributed by atoms with Crippen LogP contribution in [0.5, 0.6) is 0 Å². The van der Waals surface area contributed by atoms with Crippen molar-refractivity contribution in [3.63, 3.8) is 0 Å². The van der Waals surface area contributed by atoms with Gasteiger partial charge in [-0.1, -0.05) is 15.9 Å². The summed E-state index contributed by atoms with van der Waals surface area (Å²) in [4.78, 5) is 22.6. The summed E-state index contributed by atoms with van der Waals surface area (Å²) in [5.74, 6) is -1.20. The van der Waals surface area contributed by atoms with Crippen LogP contribution >= 0.6 is 15.9 Å². The molecule has 2 amide bonds. The summed E-state index contributed by atoms with van der Waals surface area (Å²) in [6.45, 7) is 0. The number of nitrogens with zero attached hydrogens (tertiary/aromatic N) is 1. The third-order valence-corrected chi connectivity index (χ3v) is 2.60. The van der Waals surface area contributed by atoms with E-state index >= 15 is 0 Å².